The summed E-state index contributed by atoms with van der Waals surface area (Å²) in [7, 11) is 0. The standard InChI is InChI=1S/C49H36O28/c50-14-7-15(51)26(42-10(14)3-21(57)41(74-42)9-1-16(52)31(59)17(53)2-9)29-28-30-27(38(66)40(68)39(28)67)25-13(6-20(56)34(62)37(25)65)48(71)77-45(44(29)76-49(30)72)43-22(58)8-73-46(69)11-4-18(54)32(60)35(63)23(11)24-12(47(70)75-43)5-19(55)33(61)36(24)64/h1-2,4-7,21-22,29,41,43-45,50-68H,3,8H2. The Morgan fingerprint density at radius 2 is 0.818 bits per heavy atom. The van der Waals surface area contributed by atoms with Gasteiger partial charge in [-0.15, -0.1) is 0 Å². The van der Waals surface area contributed by atoms with E-state index in [1.165, 1.54) is 0 Å². The lowest BCUT2D eigenvalue weighted by Gasteiger charge is -2.43. The first-order valence-electron chi connectivity index (χ1n) is 22.1. The van der Waals surface area contributed by atoms with E-state index in [9.17, 15) is 116 Å². The topological polar surface area (TPSA) is 499 Å². The smallest absolute Gasteiger partial charge is 0.339 e. The van der Waals surface area contributed by atoms with E-state index in [-0.39, 0.29) is 5.56 Å². The maximum atomic E-state index is 14.8. The quantitative estimate of drug-likeness (QED) is 0.0685. The number of hydrogen-bond donors (Lipinski definition) is 19. The molecule has 6 aromatic rings. The van der Waals surface area contributed by atoms with Gasteiger partial charge in [-0.2, -0.15) is 0 Å². The van der Waals surface area contributed by atoms with Gasteiger partial charge in [-0.3, -0.25) is 0 Å². The lowest BCUT2D eigenvalue weighted by Crippen LogP contribution is -2.55. The van der Waals surface area contributed by atoms with Crippen molar-refractivity contribution in [3.05, 3.63) is 80.9 Å². The zero-order valence-corrected chi connectivity index (χ0v) is 38.1. The predicted octanol–water partition coefficient (Wildman–Crippen LogP) is 2.02. The second kappa shape index (κ2) is 17.3. The van der Waals surface area contributed by atoms with Crippen LogP contribution in [-0.2, 0) is 25.4 Å². The van der Waals surface area contributed by atoms with E-state index in [0.717, 1.165) is 12.1 Å². The average molecular weight is 1070 g/mol. The molecule has 28 heteroatoms. The second-order valence-corrected chi connectivity index (χ2v) is 17.9. The Labute approximate surface area is 425 Å². The Balaban J connectivity index is 1.28. The first-order valence-corrected chi connectivity index (χ1v) is 22.1. The zero-order chi connectivity index (χ0) is 55.9. The number of rotatable bonds is 3. The summed E-state index contributed by atoms with van der Waals surface area (Å²) in [4.78, 5) is 58.4. The molecule has 0 spiro atoms. The number of aliphatic hydroxyl groups excluding tert-OH is 2. The summed E-state index contributed by atoms with van der Waals surface area (Å²) in [6.07, 6.45) is -15.1. The fraction of sp³-hybridized carbons (Fsp3) is 0.184. The van der Waals surface area contributed by atoms with Crippen molar-refractivity contribution < 1.29 is 140 Å². The molecule has 0 radical (unpaired) electrons. The van der Waals surface area contributed by atoms with Crippen LogP contribution in [0.3, 0.4) is 0 Å². The number of carbonyl (C=O) groups is 4. The molecule has 0 aliphatic carbocycles. The number of cyclic esters (lactones) is 3. The molecular weight excluding hydrogens is 1040 g/mol. The highest BCUT2D eigenvalue weighted by atomic mass is 16.6. The van der Waals surface area contributed by atoms with Gasteiger partial charge in [-0.1, -0.05) is 0 Å². The van der Waals surface area contributed by atoms with Gasteiger partial charge >= 0.3 is 23.9 Å². The molecule has 4 aliphatic rings. The molecule has 0 fully saturated rings. The molecule has 7 atom stereocenters. The van der Waals surface area contributed by atoms with Crippen LogP contribution in [0.5, 0.6) is 103 Å². The SMILES string of the molecule is O=C1OCC(O)C(C2OC(=O)c3cc(O)c(O)c(O)c3-c3c(O)c(O)c(O)c4c3C(=O)OC2C4c2c(O)cc(O)c3c2OC(c2cc(O)c(O)c(O)c2)C(O)C3)OC(=O)c2cc(O)c(O)c(O)c2-c2c1cc(O)c(O)c2O. The minimum absolute atomic E-state index is 0.311. The highest BCUT2D eigenvalue weighted by Gasteiger charge is 2.56. The molecule has 7 unspecified atom stereocenters. The Kier molecular flexibility index (Phi) is 11.3. The van der Waals surface area contributed by atoms with Gasteiger partial charge in [0.05, 0.1) is 34.3 Å². The second-order valence-electron chi connectivity index (χ2n) is 17.9. The van der Waals surface area contributed by atoms with Crippen LogP contribution in [0.1, 0.15) is 75.7 Å². The molecular formula is C49H36O28. The number of carbonyl (C=O) groups excluding carboxylic acids is 4. The molecule has 77 heavy (non-hydrogen) atoms. The number of esters is 4. The number of fused-ring (bicyclic) bond motifs is 8. The van der Waals surface area contributed by atoms with Gasteiger partial charge < -0.3 is 121 Å². The maximum Gasteiger partial charge on any atom is 0.339 e. The minimum atomic E-state index is -2.81. The molecule has 28 nitrogen and oxygen atoms in total. The van der Waals surface area contributed by atoms with Crippen molar-refractivity contribution in [2.45, 2.75) is 49.0 Å². The fourth-order valence-corrected chi connectivity index (χ4v) is 9.96. The Hall–Kier alpha value is -10.5. The Morgan fingerprint density at radius 1 is 0.364 bits per heavy atom. The summed E-state index contributed by atoms with van der Waals surface area (Å²) in [5.74, 6) is -32.7. The van der Waals surface area contributed by atoms with E-state index in [1.54, 1.807) is 0 Å². The van der Waals surface area contributed by atoms with Crippen LogP contribution in [-0.4, -0.2) is 158 Å². The summed E-state index contributed by atoms with van der Waals surface area (Å²) in [6.45, 7) is -1.46. The van der Waals surface area contributed by atoms with Crippen LogP contribution in [0.15, 0.2) is 36.4 Å². The van der Waals surface area contributed by atoms with Gasteiger partial charge in [0.1, 0.15) is 30.0 Å². The number of phenolic OH excluding ortho intramolecular Hbond substituents is 17. The highest BCUT2D eigenvalue weighted by molar-refractivity contribution is 6.11. The number of ether oxygens (including phenoxy) is 5. The van der Waals surface area contributed by atoms with E-state index in [1.807, 2.05) is 0 Å². The molecule has 0 aromatic heterocycles. The maximum absolute atomic E-state index is 14.8. The van der Waals surface area contributed by atoms with Crippen molar-refractivity contribution in [3.8, 4) is 126 Å². The van der Waals surface area contributed by atoms with E-state index in [0.29, 0.717) is 24.3 Å². The summed E-state index contributed by atoms with van der Waals surface area (Å²) >= 11 is 0. The summed E-state index contributed by atoms with van der Waals surface area (Å²) in [5.41, 5.74) is -11.7. The van der Waals surface area contributed by atoms with Gasteiger partial charge in [-0.25, -0.2) is 19.2 Å². The molecule has 4 heterocycles. The van der Waals surface area contributed by atoms with Crippen LogP contribution in [0.4, 0.5) is 0 Å². The molecule has 4 aliphatic heterocycles. The Morgan fingerprint density at radius 3 is 1.35 bits per heavy atom. The van der Waals surface area contributed by atoms with Gasteiger partial charge in [0.2, 0.25) is 23.0 Å². The molecule has 19 N–H and O–H groups in total. The summed E-state index contributed by atoms with van der Waals surface area (Å²) in [5, 5.41) is 211. The van der Waals surface area contributed by atoms with Crippen molar-refractivity contribution in [1.29, 1.82) is 0 Å². The number of hydrogen-bond acceptors (Lipinski definition) is 28. The van der Waals surface area contributed by atoms with Crippen LogP contribution in [0.2, 0.25) is 0 Å². The Bertz CT molecular complexity index is 3640. The largest absolute Gasteiger partial charge is 0.507 e. The van der Waals surface area contributed by atoms with E-state index >= 15 is 0 Å². The first kappa shape index (κ1) is 50.1. The molecule has 2 bridgehead atoms. The summed E-state index contributed by atoms with van der Waals surface area (Å²) < 4.78 is 29.0. The lowest BCUT2D eigenvalue weighted by atomic mass is 9.73. The van der Waals surface area contributed by atoms with Gasteiger partial charge in [0.25, 0.3) is 0 Å². The summed E-state index contributed by atoms with van der Waals surface area (Å²) in [6, 6.07) is 3.44. The predicted molar refractivity (Wildman–Crippen MR) is 244 cm³/mol. The normalized spacial score (nSPS) is 21.6. The zero-order valence-electron chi connectivity index (χ0n) is 38.1. The average Bonchev–Trinajstić information content (AvgIpc) is 3.47. The van der Waals surface area contributed by atoms with Crippen molar-refractivity contribution in [3.63, 3.8) is 0 Å². The monoisotopic (exact) mass is 1070 g/mol. The number of phenols is 17. The molecule has 6 aromatic carbocycles. The molecule has 0 amide bonds. The molecule has 10 rings (SSSR count). The van der Waals surface area contributed by atoms with Gasteiger partial charge in [-0.05, 0) is 30.3 Å². The highest BCUT2D eigenvalue weighted by Crippen LogP contribution is 2.62. The van der Waals surface area contributed by atoms with Crippen molar-refractivity contribution in [2.75, 3.05) is 6.61 Å². The number of benzene rings is 6. The van der Waals surface area contributed by atoms with Gasteiger partial charge in [0, 0.05) is 57.0 Å². The first-order chi connectivity index (χ1) is 36.2. The van der Waals surface area contributed by atoms with Crippen molar-refractivity contribution in [1.82, 2.24) is 0 Å². The van der Waals surface area contributed by atoms with Crippen molar-refractivity contribution in [2.24, 2.45) is 0 Å². The van der Waals surface area contributed by atoms with E-state index in [4.69, 9.17) is 23.7 Å². The minimum Gasteiger partial charge on any atom is -0.507 e. The third-order valence-corrected chi connectivity index (χ3v) is 13.5. The van der Waals surface area contributed by atoms with Crippen LogP contribution < -0.4 is 4.74 Å². The van der Waals surface area contributed by atoms with Crippen LogP contribution >= 0.6 is 0 Å². The van der Waals surface area contributed by atoms with Gasteiger partial charge in [0.15, 0.2) is 87.7 Å². The fourth-order valence-electron chi connectivity index (χ4n) is 9.96. The molecule has 400 valence electrons. The third kappa shape index (κ3) is 7.28. The van der Waals surface area contributed by atoms with Crippen LogP contribution in [0.25, 0.3) is 22.3 Å². The molecule has 0 saturated carbocycles. The number of aliphatic hydroxyl groups is 2. The van der Waals surface area contributed by atoms with Crippen molar-refractivity contribution >= 4 is 23.9 Å². The van der Waals surface area contributed by atoms with Crippen LogP contribution in [0, 0.1) is 0 Å². The number of aromatic hydroxyl groups is 17. The third-order valence-electron chi connectivity index (χ3n) is 13.5. The van der Waals surface area contributed by atoms with E-state index in [2.05, 4.69) is 0 Å². The lowest BCUT2D eigenvalue weighted by molar-refractivity contribution is -0.133. The molecule has 0 saturated heterocycles. The van der Waals surface area contributed by atoms with E-state index < -0.39 is 244 Å².